The molecule has 1 aliphatic heterocycles. The molecule has 0 amide bonds. The zero-order chi connectivity index (χ0) is 18.4. The molecular formula is C16H19ClN4O2S2. The first kappa shape index (κ1) is 18.0. The third-order valence-electron chi connectivity index (χ3n) is 4.10. The quantitative estimate of drug-likeness (QED) is 0.805. The van der Waals surface area contributed by atoms with Gasteiger partial charge in [-0.05, 0) is 24.9 Å². The van der Waals surface area contributed by atoms with Crippen LogP contribution >= 0.6 is 22.9 Å². The fourth-order valence-electron chi connectivity index (χ4n) is 2.72. The Balaban J connectivity index is 2.09. The van der Waals surface area contributed by atoms with Crippen LogP contribution in [0.1, 0.15) is 11.8 Å². The van der Waals surface area contributed by atoms with Crippen LogP contribution in [0.2, 0.25) is 5.02 Å². The molecule has 0 bridgehead atoms. The Kier molecular flexibility index (Phi) is 4.47. The van der Waals surface area contributed by atoms with Crippen LogP contribution in [0.4, 0.5) is 0 Å². The highest BCUT2D eigenvalue weighted by molar-refractivity contribution is 7.98. The van der Waals surface area contributed by atoms with E-state index in [1.165, 1.54) is 15.6 Å². The van der Waals surface area contributed by atoms with Crippen molar-refractivity contribution in [1.29, 1.82) is 0 Å². The van der Waals surface area contributed by atoms with Gasteiger partial charge in [0.15, 0.2) is 0 Å². The van der Waals surface area contributed by atoms with Crippen molar-refractivity contribution in [2.24, 2.45) is 10.7 Å². The Labute approximate surface area is 156 Å². The largest absolute Gasteiger partial charge is 0.495 e. The van der Waals surface area contributed by atoms with Gasteiger partial charge >= 0.3 is 0 Å². The highest BCUT2D eigenvalue weighted by Crippen LogP contribution is 2.44. The summed E-state index contributed by atoms with van der Waals surface area (Å²) in [7, 11) is 0.673. The molecular weight excluding hydrogens is 380 g/mol. The van der Waals surface area contributed by atoms with Gasteiger partial charge < -0.3 is 10.5 Å². The lowest BCUT2D eigenvalue weighted by Gasteiger charge is -2.36. The summed E-state index contributed by atoms with van der Waals surface area (Å²) in [5, 5.41) is 0.557. The smallest absolute Gasteiger partial charge is 0.203 e. The molecule has 0 saturated carbocycles. The second kappa shape index (κ2) is 6.19. The summed E-state index contributed by atoms with van der Waals surface area (Å²) in [5.41, 5.74) is 6.06. The maximum Gasteiger partial charge on any atom is 0.203 e. The van der Waals surface area contributed by atoms with Crippen molar-refractivity contribution in [3.63, 3.8) is 0 Å². The monoisotopic (exact) mass is 398 g/mol. The molecule has 1 unspecified atom stereocenters. The van der Waals surface area contributed by atoms with Gasteiger partial charge in [-0.1, -0.05) is 11.6 Å². The Morgan fingerprint density at radius 2 is 2.20 bits per heavy atom. The zero-order valence-corrected chi connectivity index (χ0v) is 16.5. The Hall–Kier alpha value is -1.77. The summed E-state index contributed by atoms with van der Waals surface area (Å²) in [6.07, 6.45) is 3.38. The normalized spacial score (nSPS) is 26.4. The predicted octanol–water partition coefficient (Wildman–Crippen LogP) is 2.58. The number of hydrogen-bond donors (Lipinski definition) is 1. The van der Waals surface area contributed by atoms with Crippen LogP contribution in [0, 0.1) is 0 Å². The molecule has 2 aromatic rings. The fourth-order valence-corrected chi connectivity index (χ4v) is 6.09. The predicted molar refractivity (Wildman–Crippen MR) is 106 cm³/mol. The van der Waals surface area contributed by atoms with Crippen molar-refractivity contribution >= 4 is 44.5 Å². The van der Waals surface area contributed by atoms with E-state index in [-0.39, 0.29) is 11.7 Å². The number of aliphatic imine (C=N–C) groups is 1. The average molecular weight is 399 g/mol. The van der Waals surface area contributed by atoms with Crippen LogP contribution in [0.3, 0.4) is 0 Å². The molecule has 2 aromatic heterocycles. The number of rotatable bonds is 3. The van der Waals surface area contributed by atoms with E-state index >= 15 is 0 Å². The third-order valence-corrected chi connectivity index (χ3v) is 8.14. The van der Waals surface area contributed by atoms with Crippen LogP contribution in [0.25, 0.3) is 10.4 Å². The summed E-state index contributed by atoms with van der Waals surface area (Å²) < 4.78 is 19.5. The minimum atomic E-state index is -2.56. The summed E-state index contributed by atoms with van der Waals surface area (Å²) in [4.78, 5) is 10.5. The van der Waals surface area contributed by atoms with E-state index in [1.54, 1.807) is 26.6 Å². The SMILES string of the molecule is C=S1(=O)C[C@@](C)(c2sc(-c3cncc(OC)c3)cc2Cl)N=C(N)N1C. The summed E-state index contributed by atoms with van der Waals surface area (Å²) in [6, 6.07) is 3.75. The molecule has 0 saturated heterocycles. The number of hydrogen-bond acceptors (Lipinski definition) is 6. The number of thiophene rings is 1. The molecule has 1 aliphatic rings. The summed E-state index contributed by atoms with van der Waals surface area (Å²) in [6.45, 7) is 1.88. The average Bonchev–Trinajstić information content (AvgIpc) is 2.95. The number of methoxy groups -OCH3 is 1. The number of halogens is 1. The van der Waals surface area contributed by atoms with Crippen molar-refractivity contribution in [1.82, 2.24) is 9.29 Å². The Morgan fingerprint density at radius 1 is 1.48 bits per heavy atom. The van der Waals surface area contributed by atoms with Crippen molar-refractivity contribution in [3.05, 3.63) is 34.4 Å². The standard InChI is InChI=1S/C16H19ClN4O2S2/c1-16(9-25(4,22)21(2)15(18)20-16)14-12(17)6-13(24-14)10-5-11(23-3)8-19-7-10/h5-8H,4,9H2,1-3H3,(H2,18,20)/t16-,25?/m0/s1. The van der Waals surface area contributed by atoms with E-state index < -0.39 is 15.2 Å². The molecule has 0 radical (unpaired) electrons. The molecule has 2 atom stereocenters. The van der Waals surface area contributed by atoms with E-state index in [2.05, 4.69) is 15.8 Å². The number of pyridine rings is 1. The third kappa shape index (κ3) is 3.21. The first-order valence-electron chi connectivity index (χ1n) is 7.39. The van der Waals surface area contributed by atoms with E-state index in [0.717, 1.165) is 15.3 Å². The number of ether oxygens (including phenoxy) is 1. The molecule has 134 valence electrons. The second-order valence-corrected chi connectivity index (χ2v) is 9.90. The molecule has 0 spiro atoms. The minimum Gasteiger partial charge on any atom is -0.495 e. The van der Waals surface area contributed by atoms with Gasteiger partial charge in [0.2, 0.25) is 5.96 Å². The van der Waals surface area contributed by atoms with Crippen LogP contribution in [-0.4, -0.2) is 45.2 Å². The first-order valence-corrected chi connectivity index (χ1v) is 10.4. The number of nitrogens with two attached hydrogens (primary N) is 1. The van der Waals surface area contributed by atoms with Gasteiger partial charge in [0.1, 0.15) is 11.3 Å². The molecule has 3 heterocycles. The topological polar surface area (TPSA) is 80.8 Å². The Bertz CT molecular complexity index is 955. The number of nitrogens with zero attached hydrogens (tertiary/aromatic N) is 3. The number of guanidine groups is 1. The maximum atomic E-state index is 12.8. The van der Waals surface area contributed by atoms with Crippen LogP contribution in [-0.2, 0) is 15.2 Å². The van der Waals surface area contributed by atoms with Crippen molar-refractivity contribution in [2.75, 3.05) is 19.9 Å². The van der Waals surface area contributed by atoms with Gasteiger partial charge in [-0.15, -0.1) is 11.3 Å². The highest BCUT2D eigenvalue weighted by atomic mass is 35.5. The van der Waals surface area contributed by atoms with E-state index in [0.29, 0.717) is 10.8 Å². The van der Waals surface area contributed by atoms with Gasteiger partial charge in [0, 0.05) is 23.7 Å². The Morgan fingerprint density at radius 3 is 2.84 bits per heavy atom. The van der Waals surface area contributed by atoms with Gasteiger partial charge in [-0.25, -0.2) is 9.20 Å². The zero-order valence-electron chi connectivity index (χ0n) is 14.2. The van der Waals surface area contributed by atoms with E-state index in [4.69, 9.17) is 22.1 Å². The minimum absolute atomic E-state index is 0.197. The maximum absolute atomic E-state index is 12.8. The molecule has 0 aromatic carbocycles. The van der Waals surface area contributed by atoms with Gasteiger partial charge in [-0.2, -0.15) is 0 Å². The molecule has 2 N–H and O–H groups in total. The van der Waals surface area contributed by atoms with Gasteiger partial charge in [0.05, 0.1) is 38.7 Å². The van der Waals surface area contributed by atoms with Crippen LogP contribution in [0.5, 0.6) is 5.75 Å². The molecule has 0 fully saturated rings. The van der Waals surface area contributed by atoms with E-state index in [1.807, 2.05) is 19.1 Å². The van der Waals surface area contributed by atoms with Gasteiger partial charge in [0.25, 0.3) is 0 Å². The summed E-state index contributed by atoms with van der Waals surface area (Å²) >= 11 is 7.97. The fraction of sp³-hybridized carbons (Fsp3) is 0.312. The van der Waals surface area contributed by atoms with Crippen molar-refractivity contribution < 1.29 is 8.95 Å². The first-order chi connectivity index (χ1) is 11.7. The lowest BCUT2D eigenvalue weighted by atomic mass is 10.0. The lowest BCUT2D eigenvalue weighted by Crippen LogP contribution is -2.50. The molecule has 25 heavy (non-hydrogen) atoms. The van der Waals surface area contributed by atoms with Crippen molar-refractivity contribution in [2.45, 2.75) is 12.5 Å². The molecule has 9 heteroatoms. The van der Waals surface area contributed by atoms with E-state index in [9.17, 15) is 4.21 Å². The summed E-state index contributed by atoms with van der Waals surface area (Å²) in [5.74, 6) is 4.93. The van der Waals surface area contributed by atoms with Crippen molar-refractivity contribution in [3.8, 4) is 16.2 Å². The molecule has 6 nitrogen and oxygen atoms in total. The van der Waals surface area contributed by atoms with Crippen LogP contribution in [0.15, 0.2) is 29.5 Å². The lowest BCUT2D eigenvalue weighted by molar-refractivity contribution is 0.413. The molecule has 0 aliphatic carbocycles. The van der Waals surface area contributed by atoms with Gasteiger partial charge in [-0.3, -0.25) is 9.29 Å². The van der Waals surface area contributed by atoms with Crippen LogP contribution < -0.4 is 10.5 Å². The second-order valence-electron chi connectivity index (χ2n) is 6.06. The molecule has 3 rings (SSSR count). The number of aromatic nitrogens is 1. The highest BCUT2D eigenvalue weighted by Gasteiger charge is 2.39.